The molecule has 2 rings (SSSR count). The molecule has 1 aromatic rings. The Morgan fingerprint density at radius 2 is 2.12 bits per heavy atom. The van der Waals surface area contributed by atoms with Crippen LogP contribution in [-0.4, -0.2) is 17.0 Å². The molecular formula is C11H7ClF2O2. The van der Waals surface area contributed by atoms with Crippen LogP contribution in [0.2, 0.25) is 5.02 Å². The molecule has 0 atom stereocenters. The summed E-state index contributed by atoms with van der Waals surface area (Å²) in [5.74, 6) is -6.05. The fourth-order valence-electron chi connectivity index (χ4n) is 1.75. The van der Waals surface area contributed by atoms with Crippen molar-refractivity contribution in [1.29, 1.82) is 0 Å². The van der Waals surface area contributed by atoms with Gasteiger partial charge in [0, 0.05) is 16.2 Å². The van der Waals surface area contributed by atoms with E-state index in [-0.39, 0.29) is 17.0 Å². The normalized spacial score (nSPS) is 14.6. The van der Waals surface area contributed by atoms with Crippen molar-refractivity contribution in [1.82, 2.24) is 0 Å². The van der Waals surface area contributed by atoms with Crippen molar-refractivity contribution in [3.8, 4) is 0 Å². The molecule has 5 heteroatoms. The van der Waals surface area contributed by atoms with Gasteiger partial charge in [0.25, 0.3) is 0 Å². The van der Waals surface area contributed by atoms with Crippen LogP contribution in [0, 0.1) is 0 Å². The smallest absolute Gasteiger partial charge is 0.379 e. The molecule has 0 saturated heterocycles. The number of hydrogen-bond acceptors (Lipinski definition) is 1. The van der Waals surface area contributed by atoms with Crippen molar-refractivity contribution in [2.45, 2.75) is 12.3 Å². The number of aliphatic carboxylic acids is 1. The maximum Gasteiger partial charge on any atom is 0.379 e. The Balaban J connectivity index is 2.55. The lowest BCUT2D eigenvalue weighted by atomic mass is 10.0. The number of fused-ring (bicyclic) bond motifs is 1. The second-order valence-corrected chi connectivity index (χ2v) is 3.88. The summed E-state index contributed by atoms with van der Waals surface area (Å²) in [7, 11) is 0. The van der Waals surface area contributed by atoms with E-state index >= 15 is 0 Å². The van der Waals surface area contributed by atoms with Gasteiger partial charge in [-0.1, -0.05) is 29.8 Å². The molecular weight excluding hydrogens is 238 g/mol. The van der Waals surface area contributed by atoms with Crippen LogP contribution in [0.15, 0.2) is 24.3 Å². The molecule has 0 fully saturated rings. The van der Waals surface area contributed by atoms with Gasteiger partial charge < -0.3 is 5.11 Å². The van der Waals surface area contributed by atoms with Gasteiger partial charge in [-0.05, 0) is 18.1 Å². The van der Waals surface area contributed by atoms with Gasteiger partial charge in [-0.2, -0.15) is 8.78 Å². The lowest BCUT2D eigenvalue weighted by Crippen LogP contribution is -2.29. The second kappa shape index (κ2) is 3.56. The fourth-order valence-corrected chi connectivity index (χ4v) is 2.05. The molecule has 0 aromatic heterocycles. The minimum absolute atomic E-state index is 0.150. The van der Waals surface area contributed by atoms with Crippen LogP contribution in [0.5, 0.6) is 0 Å². The maximum absolute atomic E-state index is 13.4. The van der Waals surface area contributed by atoms with Gasteiger partial charge in [0.2, 0.25) is 0 Å². The highest BCUT2D eigenvalue weighted by molar-refractivity contribution is 6.33. The monoisotopic (exact) mass is 244 g/mol. The van der Waals surface area contributed by atoms with Gasteiger partial charge in [-0.15, -0.1) is 0 Å². The summed E-state index contributed by atoms with van der Waals surface area (Å²) in [5, 5.41) is 8.64. The molecule has 0 saturated carbocycles. The summed E-state index contributed by atoms with van der Waals surface area (Å²) >= 11 is 5.81. The average molecular weight is 245 g/mol. The maximum atomic E-state index is 13.4. The molecule has 0 bridgehead atoms. The topological polar surface area (TPSA) is 37.3 Å². The number of carbonyl (C=O) groups is 1. The zero-order chi connectivity index (χ0) is 11.9. The van der Waals surface area contributed by atoms with Crippen molar-refractivity contribution >= 4 is 23.1 Å². The first kappa shape index (κ1) is 11.1. The first-order chi connectivity index (χ1) is 7.44. The first-order valence-electron chi connectivity index (χ1n) is 4.54. The van der Waals surface area contributed by atoms with E-state index in [1.165, 1.54) is 12.1 Å². The van der Waals surface area contributed by atoms with Crippen LogP contribution in [-0.2, 0) is 11.2 Å². The van der Waals surface area contributed by atoms with Crippen LogP contribution in [0.4, 0.5) is 8.78 Å². The van der Waals surface area contributed by atoms with E-state index in [1.807, 2.05) is 0 Å². The SMILES string of the molecule is O=C(O)C(F)(F)C1=CCc2cccc(Cl)c21. The number of carboxylic acid groups (broad SMARTS) is 1. The van der Waals surface area contributed by atoms with E-state index in [2.05, 4.69) is 0 Å². The van der Waals surface area contributed by atoms with Crippen molar-refractivity contribution < 1.29 is 18.7 Å². The van der Waals surface area contributed by atoms with Crippen molar-refractivity contribution in [2.75, 3.05) is 0 Å². The number of allylic oxidation sites excluding steroid dienone is 1. The molecule has 0 unspecified atom stereocenters. The molecule has 0 heterocycles. The first-order valence-corrected chi connectivity index (χ1v) is 4.92. The molecule has 1 N–H and O–H groups in total. The van der Waals surface area contributed by atoms with E-state index in [0.29, 0.717) is 5.56 Å². The molecule has 0 aliphatic heterocycles. The fraction of sp³-hybridized carbons (Fsp3) is 0.182. The number of halogens is 3. The number of alkyl halides is 2. The number of benzene rings is 1. The van der Waals surface area contributed by atoms with Crippen molar-refractivity contribution in [2.24, 2.45) is 0 Å². The summed E-state index contributed by atoms with van der Waals surface area (Å²) in [6.45, 7) is 0. The highest BCUT2D eigenvalue weighted by atomic mass is 35.5. The quantitative estimate of drug-likeness (QED) is 0.868. The van der Waals surface area contributed by atoms with E-state index in [1.54, 1.807) is 12.1 Å². The summed E-state index contributed by atoms with van der Waals surface area (Å²) in [5.41, 5.74) is 0.264. The predicted octanol–water partition coefficient (Wildman–Crippen LogP) is 3.00. The van der Waals surface area contributed by atoms with Crippen LogP contribution in [0.1, 0.15) is 11.1 Å². The van der Waals surface area contributed by atoms with Gasteiger partial charge in [0.1, 0.15) is 0 Å². The number of carboxylic acids is 1. The zero-order valence-electron chi connectivity index (χ0n) is 8.01. The van der Waals surface area contributed by atoms with E-state index in [9.17, 15) is 13.6 Å². The Labute approximate surface area is 95.2 Å². The lowest BCUT2D eigenvalue weighted by Gasteiger charge is -2.15. The lowest BCUT2D eigenvalue weighted by molar-refractivity contribution is -0.156. The Morgan fingerprint density at radius 3 is 2.75 bits per heavy atom. The molecule has 84 valence electrons. The zero-order valence-corrected chi connectivity index (χ0v) is 8.76. The minimum atomic E-state index is -3.89. The Bertz CT molecular complexity index is 495. The molecule has 0 amide bonds. The third-order valence-corrected chi connectivity index (χ3v) is 2.82. The van der Waals surface area contributed by atoms with Crippen LogP contribution in [0.25, 0.3) is 5.57 Å². The molecule has 1 aliphatic carbocycles. The van der Waals surface area contributed by atoms with Crippen molar-refractivity contribution in [3.05, 3.63) is 40.4 Å². The van der Waals surface area contributed by atoms with Crippen LogP contribution < -0.4 is 0 Å². The second-order valence-electron chi connectivity index (χ2n) is 3.48. The highest BCUT2D eigenvalue weighted by Crippen LogP contribution is 2.42. The molecule has 1 aromatic carbocycles. The van der Waals surface area contributed by atoms with Gasteiger partial charge in [0.15, 0.2) is 0 Å². The number of hydrogen-bond donors (Lipinski definition) is 1. The Morgan fingerprint density at radius 1 is 1.44 bits per heavy atom. The molecule has 0 radical (unpaired) electrons. The van der Waals surface area contributed by atoms with Crippen LogP contribution >= 0.6 is 11.6 Å². The Hall–Kier alpha value is -1.42. The van der Waals surface area contributed by atoms with E-state index < -0.39 is 17.5 Å². The third-order valence-electron chi connectivity index (χ3n) is 2.50. The van der Waals surface area contributed by atoms with Gasteiger partial charge in [-0.3, -0.25) is 0 Å². The molecule has 2 nitrogen and oxygen atoms in total. The van der Waals surface area contributed by atoms with Gasteiger partial charge in [-0.25, -0.2) is 4.79 Å². The summed E-state index contributed by atoms with van der Waals surface area (Å²) in [6, 6.07) is 4.77. The minimum Gasteiger partial charge on any atom is -0.477 e. The van der Waals surface area contributed by atoms with Crippen molar-refractivity contribution in [3.63, 3.8) is 0 Å². The van der Waals surface area contributed by atoms with Crippen LogP contribution in [0.3, 0.4) is 0 Å². The molecule has 0 spiro atoms. The standard InChI is InChI=1S/C11H7ClF2O2/c12-8-3-1-2-6-4-5-7(9(6)8)11(13,14)10(15)16/h1-3,5H,4H2,(H,15,16). The summed E-state index contributed by atoms with van der Waals surface area (Å²) in [4.78, 5) is 10.5. The summed E-state index contributed by atoms with van der Waals surface area (Å²) in [6.07, 6.45) is 1.50. The highest BCUT2D eigenvalue weighted by Gasteiger charge is 2.46. The van der Waals surface area contributed by atoms with Gasteiger partial charge in [0.05, 0.1) is 0 Å². The predicted molar refractivity (Wildman–Crippen MR) is 55.7 cm³/mol. The molecule has 16 heavy (non-hydrogen) atoms. The number of rotatable bonds is 2. The Kier molecular flexibility index (Phi) is 2.46. The van der Waals surface area contributed by atoms with E-state index in [0.717, 1.165) is 0 Å². The average Bonchev–Trinajstić information content (AvgIpc) is 2.63. The largest absolute Gasteiger partial charge is 0.477 e. The molecule has 1 aliphatic rings. The van der Waals surface area contributed by atoms with E-state index in [4.69, 9.17) is 16.7 Å². The van der Waals surface area contributed by atoms with Gasteiger partial charge >= 0.3 is 11.9 Å². The third kappa shape index (κ3) is 1.50. The summed E-state index contributed by atoms with van der Waals surface area (Å²) < 4.78 is 26.8.